The van der Waals surface area contributed by atoms with Gasteiger partial charge in [0, 0.05) is 24.6 Å². The molecule has 1 rings (SSSR count). The van der Waals surface area contributed by atoms with Crippen LogP contribution < -0.4 is 4.74 Å². The Labute approximate surface area is 122 Å². The molecule has 1 unspecified atom stereocenters. The SMILES string of the molecule is CCC(C)N(C)Cc1cc(OC)ccc1C#CCCO. The summed E-state index contributed by atoms with van der Waals surface area (Å²) in [5, 5.41) is 8.82. The molecule has 0 aliphatic carbocycles. The van der Waals surface area contributed by atoms with Gasteiger partial charge in [0.15, 0.2) is 0 Å². The van der Waals surface area contributed by atoms with Crippen molar-refractivity contribution in [1.29, 1.82) is 0 Å². The van der Waals surface area contributed by atoms with Gasteiger partial charge in [-0.25, -0.2) is 0 Å². The topological polar surface area (TPSA) is 32.7 Å². The first-order valence-corrected chi connectivity index (χ1v) is 7.09. The highest BCUT2D eigenvalue weighted by Crippen LogP contribution is 2.19. The van der Waals surface area contributed by atoms with Crippen LogP contribution in [0, 0.1) is 11.8 Å². The maximum atomic E-state index is 8.82. The third kappa shape index (κ3) is 4.88. The second kappa shape index (κ2) is 8.63. The van der Waals surface area contributed by atoms with Crippen LogP contribution in [0.3, 0.4) is 0 Å². The second-order valence-electron chi connectivity index (χ2n) is 4.97. The average Bonchev–Trinajstić information content (AvgIpc) is 2.47. The molecule has 3 heteroatoms. The molecule has 0 radical (unpaired) electrons. The summed E-state index contributed by atoms with van der Waals surface area (Å²) < 4.78 is 5.30. The van der Waals surface area contributed by atoms with E-state index in [1.165, 1.54) is 0 Å². The number of methoxy groups -OCH3 is 1. The summed E-state index contributed by atoms with van der Waals surface area (Å²) in [6.07, 6.45) is 1.62. The Bertz CT molecular complexity index is 474. The van der Waals surface area contributed by atoms with Crippen LogP contribution in [-0.4, -0.2) is 36.8 Å². The van der Waals surface area contributed by atoms with Crippen molar-refractivity contribution in [3.63, 3.8) is 0 Å². The Hall–Kier alpha value is -1.50. The largest absolute Gasteiger partial charge is 0.497 e. The average molecular weight is 275 g/mol. The van der Waals surface area contributed by atoms with Crippen LogP contribution in [0.25, 0.3) is 0 Å². The minimum absolute atomic E-state index is 0.102. The number of hydrogen-bond acceptors (Lipinski definition) is 3. The molecule has 0 fully saturated rings. The van der Waals surface area contributed by atoms with Crippen molar-refractivity contribution in [2.45, 2.75) is 39.3 Å². The first-order valence-electron chi connectivity index (χ1n) is 7.09. The van der Waals surface area contributed by atoms with Gasteiger partial charge in [-0.15, -0.1) is 0 Å². The third-order valence-corrected chi connectivity index (χ3v) is 3.54. The molecule has 1 N–H and O–H groups in total. The predicted molar refractivity (Wildman–Crippen MR) is 82.8 cm³/mol. The molecule has 0 aliphatic rings. The van der Waals surface area contributed by atoms with E-state index in [9.17, 15) is 0 Å². The lowest BCUT2D eigenvalue weighted by atomic mass is 10.1. The lowest BCUT2D eigenvalue weighted by Crippen LogP contribution is -2.28. The number of ether oxygens (including phenoxy) is 1. The molecule has 0 amide bonds. The number of aliphatic hydroxyl groups is 1. The molecule has 0 saturated heterocycles. The van der Waals surface area contributed by atoms with E-state index in [1.54, 1.807) is 7.11 Å². The van der Waals surface area contributed by atoms with Crippen molar-refractivity contribution >= 4 is 0 Å². The highest BCUT2D eigenvalue weighted by Gasteiger charge is 2.10. The zero-order valence-electron chi connectivity index (χ0n) is 12.9. The summed E-state index contributed by atoms with van der Waals surface area (Å²) in [5.41, 5.74) is 2.17. The number of nitrogens with zero attached hydrogens (tertiary/aromatic N) is 1. The number of aliphatic hydroxyl groups excluding tert-OH is 1. The number of rotatable bonds is 6. The molecule has 20 heavy (non-hydrogen) atoms. The summed E-state index contributed by atoms with van der Waals surface area (Å²) in [4.78, 5) is 2.31. The van der Waals surface area contributed by atoms with Gasteiger partial charge >= 0.3 is 0 Å². The Kier molecular flexibility index (Phi) is 7.14. The summed E-state index contributed by atoms with van der Waals surface area (Å²) >= 11 is 0. The highest BCUT2D eigenvalue weighted by atomic mass is 16.5. The summed E-state index contributed by atoms with van der Waals surface area (Å²) in [5.74, 6) is 6.97. The first-order chi connectivity index (χ1) is 9.62. The van der Waals surface area contributed by atoms with Crippen molar-refractivity contribution in [1.82, 2.24) is 4.90 Å². The van der Waals surface area contributed by atoms with E-state index >= 15 is 0 Å². The van der Waals surface area contributed by atoms with Crippen molar-refractivity contribution in [2.75, 3.05) is 20.8 Å². The standard InChI is InChI=1S/C17H25NO2/c1-5-14(2)18(3)13-16-12-17(20-4)10-9-15(16)8-6-7-11-19/h9-10,12,14,19H,5,7,11,13H2,1-4H3. The van der Waals surface area contributed by atoms with E-state index in [0.29, 0.717) is 12.5 Å². The van der Waals surface area contributed by atoms with Gasteiger partial charge in [0.1, 0.15) is 5.75 Å². The van der Waals surface area contributed by atoms with Crippen LogP contribution >= 0.6 is 0 Å². The van der Waals surface area contributed by atoms with E-state index in [0.717, 1.165) is 29.8 Å². The van der Waals surface area contributed by atoms with E-state index in [4.69, 9.17) is 9.84 Å². The molecule has 0 spiro atoms. The van der Waals surface area contributed by atoms with Gasteiger partial charge in [0.2, 0.25) is 0 Å². The smallest absolute Gasteiger partial charge is 0.119 e. The van der Waals surface area contributed by atoms with Gasteiger partial charge in [-0.1, -0.05) is 18.8 Å². The highest BCUT2D eigenvalue weighted by molar-refractivity contribution is 5.45. The zero-order chi connectivity index (χ0) is 15.0. The van der Waals surface area contributed by atoms with Crippen molar-refractivity contribution in [3.8, 4) is 17.6 Å². The molecular formula is C17H25NO2. The van der Waals surface area contributed by atoms with Gasteiger partial charge in [-0.3, -0.25) is 4.90 Å². The molecule has 110 valence electrons. The molecule has 0 saturated carbocycles. The van der Waals surface area contributed by atoms with E-state index in [-0.39, 0.29) is 6.61 Å². The van der Waals surface area contributed by atoms with Crippen LogP contribution in [0.5, 0.6) is 5.75 Å². The molecular weight excluding hydrogens is 250 g/mol. The Morgan fingerprint density at radius 3 is 2.75 bits per heavy atom. The zero-order valence-corrected chi connectivity index (χ0v) is 12.9. The van der Waals surface area contributed by atoms with Crippen LogP contribution in [0.4, 0.5) is 0 Å². The van der Waals surface area contributed by atoms with Gasteiger partial charge in [-0.05, 0) is 44.2 Å². The van der Waals surface area contributed by atoms with Gasteiger partial charge in [0.05, 0.1) is 13.7 Å². The minimum atomic E-state index is 0.102. The normalized spacial score (nSPS) is 11.9. The van der Waals surface area contributed by atoms with Crippen molar-refractivity contribution < 1.29 is 9.84 Å². The number of benzene rings is 1. The van der Waals surface area contributed by atoms with E-state index in [1.807, 2.05) is 18.2 Å². The molecule has 0 heterocycles. The summed E-state index contributed by atoms with van der Waals surface area (Å²) in [6.45, 7) is 5.35. The molecule has 1 aromatic rings. The van der Waals surface area contributed by atoms with Crippen molar-refractivity contribution in [2.24, 2.45) is 0 Å². The maximum Gasteiger partial charge on any atom is 0.119 e. The monoisotopic (exact) mass is 275 g/mol. The van der Waals surface area contributed by atoms with Gasteiger partial charge < -0.3 is 9.84 Å². The lowest BCUT2D eigenvalue weighted by molar-refractivity contribution is 0.243. The van der Waals surface area contributed by atoms with Crippen LogP contribution in [-0.2, 0) is 6.54 Å². The summed E-state index contributed by atoms with van der Waals surface area (Å²) in [7, 11) is 3.80. The fraction of sp³-hybridized carbons (Fsp3) is 0.529. The Morgan fingerprint density at radius 1 is 1.40 bits per heavy atom. The molecule has 3 nitrogen and oxygen atoms in total. The van der Waals surface area contributed by atoms with Crippen LogP contribution in [0.1, 0.15) is 37.8 Å². The maximum absolute atomic E-state index is 8.82. The van der Waals surface area contributed by atoms with E-state index < -0.39 is 0 Å². The number of hydrogen-bond donors (Lipinski definition) is 1. The van der Waals surface area contributed by atoms with Crippen molar-refractivity contribution in [3.05, 3.63) is 29.3 Å². The molecule has 0 aromatic heterocycles. The quantitative estimate of drug-likeness (QED) is 0.810. The summed E-state index contributed by atoms with van der Waals surface area (Å²) in [6, 6.07) is 6.49. The predicted octanol–water partition coefficient (Wildman–Crippen LogP) is 2.66. The minimum Gasteiger partial charge on any atom is -0.497 e. The molecule has 1 atom stereocenters. The Morgan fingerprint density at radius 2 is 2.15 bits per heavy atom. The lowest BCUT2D eigenvalue weighted by Gasteiger charge is -2.24. The fourth-order valence-corrected chi connectivity index (χ4v) is 1.90. The first kappa shape index (κ1) is 16.6. The van der Waals surface area contributed by atoms with Gasteiger partial charge in [0.25, 0.3) is 0 Å². The second-order valence-corrected chi connectivity index (χ2v) is 4.97. The fourth-order valence-electron chi connectivity index (χ4n) is 1.90. The van der Waals surface area contributed by atoms with Crippen LogP contribution in [0.15, 0.2) is 18.2 Å². The van der Waals surface area contributed by atoms with E-state index in [2.05, 4.69) is 37.6 Å². The Balaban J connectivity index is 2.98. The third-order valence-electron chi connectivity index (χ3n) is 3.54. The molecule has 0 aliphatic heterocycles. The molecule has 0 bridgehead atoms. The van der Waals surface area contributed by atoms with Crippen LogP contribution in [0.2, 0.25) is 0 Å². The molecule has 1 aromatic carbocycles. The van der Waals surface area contributed by atoms with Gasteiger partial charge in [-0.2, -0.15) is 0 Å².